The zero-order valence-electron chi connectivity index (χ0n) is 8.23. The predicted molar refractivity (Wildman–Crippen MR) is 58.6 cm³/mol. The summed E-state index contributed by atoms with van der Waals surface area (Å²) in [5.74, 6) is 0.497. The summed E-state index contributed by atoms with van der Waals surface area (Å²) >= 11 is 0. The van der Waals surface area contributed by atoms with E-state index in [1.165, 1.54) is 6.07 Å². The second-order valence-corrected chi connectivity index (χ2v) is 3.33. The summed E-state index contributed by atoms with van der Waals surface area (Å²) in [4.78, 5) is 10.7. The van der Waals surface area contributed by atoms with Crippen LogP contribution in [-0.4, -0.2) is 29.4 Å². The Morgan fingerprint density at radius 1 is 1.33 bits per heavy atom. The predicted octanol–water partition coefficient (Wildman–Crippen LogP) is 0.322. The topological polar surface area (TPSA) is 67.0 Å². The van der Waals surface area contributed by atoms with Crippen LogP contribution in [0.1, 0.15) is 12.8 Å². The lowest BCUT2D eigenvalue weighted by Gasteiger charge is -2.22. The van der Waals surface area contributed by atoms with Gasteiger partial charge in [0.2, 0.25) is 5.88 Å². The number of nitrogens with zero attached hydrogens (tertiary/aromatic N) is 1. The van der Waals surface area contributed by atoms with Crippen molar-refractivity contribution in [3.05, 3.63) is 22.5 Å². The highest BCUT2D eigenvalue weighted by Gasteiger charge is 2.14. The number of aromatic amines is 1. The molecule has 84 valence electrons. The third kappa shape index (κ3) is 3.53. The number of halogens is 1. The summed E-state index contributed by atoms with van der Waals surface area (Å²) < 4.78 is 5.59. The lowest BCUT2D eigenvalue weighted by Crippen LogP contribution is -2.34. The van der Waals surface area contributed by atoms with Gasteiger partial charge in [-0.25, -0.2) is 5.10 Å². The minimum atomic E-state index is -0.206. The van der Waals surface area contributed by atoms with Crippen LogP contribution >= 0.6 is 12.4 Å². The van der Waals surface area contributed by atoms with Gasteiger partial charge in [0.05, 0.1) is 0 Å². The van der Waals surface area contributed by atoms with E-state index in [1.807, 2.05) is 0 Å². The maximum atomic E-state index is 10.7. The molecule has 0 aromatic carbocycles. The molecule has 15 heavy (non-hydrogen) atoms. The monoisotopic (exact) mass is 231 g/mol. The van der Waals surface area contributed by atoms with Crippen LogP contribution in [0, 0.1) is 0 Å². The molecule has 6 heteroatoms. The van der Waals surface area contributed by atoms with Crippen LogP contribution in [0.5, 0.6) is 5.88 Å². The molecular weight excluding hydrogens is 218 g/mol. The molecule has 0 atom stereocenters. The van der Waals surface area contributed by atoms with Crippen molar-refractivity contribution in [2.45, 2.75) is 18.9 Å². The van der Waals surface area contributed by atoms with Crippen LogP contribution in [0.2, 0.25) is 0 Å². The van der Waals surface area contributed by atoms with Crippen molar-refractivity contribution in [1.82, 2.24) is 15.5 Å². The van der Waals surface area contributed by atoms with E-state index in [9.17, 15) is 4.79 Å². The molecule has 2 N–H and O–H groups in total. The van der Waals surface area contributed by atoms with Crippen molar-refractivity contribution in [2.24, 2.45) is 0 Å². The van der Waals surface area contributed by atoms with Gasteiger partial charge in [-0.05, 0) is 25.9 Å². The molecule has 1 saturated heterocycles. The smallest absolute Gasteiger partial charge is 0.264 e. The van der Waals surface area contributed by atoms with Gasteiger partial charge in [-0.3, -0.25) is 4.79 Å². The minimum Gasteiger partial charge on any atom is -0.473 e. The van der Waals surface area contributed by atoms with Gasteiger partial charge in [-0.1, -0.05) is 0 Å². The van der Waals surface area contributed by atoms with Crippen LogP contribution in [0.4, 0.5) is 0 Å². The Labute approximate surface area is 93.6 Å². The van der Waals surface area contributed by atoms with Gasteiger partial charge < -0.3 is 10.1 Å². The summed E-state index contributed by atoms with van der Waals surface area (Å²) in [5.41, 5.74) is -0.206. The molecular formula is C9H14ClN3O2. The Hall–Kier alpha value is -1.07. The summed E-state index contributed by atoms with van der Waals surface area (Å²) in [6, 6.07) is 3.02. The number of rotatable bonds is 2. The quantitative estimate of drug-likeness (QED) is 0.770. The Bertz CT molecular complexity index is 329. The van der Waals surface area contributed by atoms with E-state index >= 15 is 0 Å². The fourth-order valence-electron chi connectivity index (χ4n) is 1.48. The van der Waals surface area contributed by atoms with Crippen LogP contribution in [-0.2, 0) is 0 Å². The molecule has 0 spiro atoms. The van der Waals surface area contributed by atoms with Crippen molar-refractivity contribution in [3.8, 4) is 5.88 Å². The van der Waals surface area contributed by atoms with Gasteiger partial charge in [0, 0.05) is 12.1 Å². The molecule has 1 aromatic rings. The Kier molecular flexibility index (Phi) is 4.58. The van der Waals surface area contributed by atoms with Crippen molar-refractivity contribution in [2.75, 3.05) is 13.1 Å². The molecule has 0 aliphatic carbocycles. The van der Waals surface area contributed by atoms with Crippen molar-refractivity contribution < 1.29 is 4.74 Å². The van der Waals surface area contributed by atoms with Crippen LogP contribution in [0.3, 0.4) is 0 Å². The van der Waals surface area contributed by atoms with Gasteiger partial charge >= 0.3 is 0 Å². The van der Waals surface area contributed by atoms with Crippen LogP contribution in [0.25, 0.3) is 0 Å². The Morgan fingerprint density at radius 3 is 2.67 bits per heavy atom. The second kappa shape index (κ2) is 5.72. The maximum absolute atomic E-state index is 10.7. The zero-order valence-corrected chi connectivity index (χ0v) is 9.05. The fraction of sp³-hybridized carbons (Fsp3) is 0.556. The Balaban J connectivity index is 0.00000112. The molecule has 0 unspecified atom stereocenters. The molecule has 0 bridgehead atoms. The highest BCUT2D eigenvalue weighted by Crippen LogP contribution is 2.11. The summed E-state index contributed by atoms with van der Waals surface area (Å²) in [5, 5.41) is 9.39. The van der Waals surface area contributed by atoms with Gasteiger partial charge in [-0.15, -0.1) is 17.5 Å². The summed E-state index contributed by atoms with van der Waals surface area (Å²) in [7, 11) is 0. The maximum Gasteiger partial charge on any atom is 0.264 e. The third-order valence-electron chi connectivity index (χ3n) is 2.23. The summed E-state index contributed by atoms with van der Waals surface area (Å²) in [6.07, 6.45) is 2.19. The number of hydrogen-bond acceptors (Lipinski definition) is 4. The van der Waals surface area contributed by atoms with Gasteiger partial charge in [0.25, 0.3) is 5.56 Å². The van der Waals surface area contributed by atoms with Crippen LogP contribution in [0.15, 0.2) is 16.9 Å². The van der Waals surface area contributed by atoms with Gasteiger partial charge in [0.1, 0.15) is 6.10 Å². The lowest BCUT2D eigenvalue weighted by molar-refractivity contribution is 0.154. The SMILES string of the molecule is Cl.O=c1ccc(OC2CCNCC2)n[nH]1. The number of nitrogens with one attached hydrogen (secondary N) is 2. The van der Waals surface area contributed by atoms with Crippen molar-refractivity contribution in [1.29, 1.82) is 0 Å². The first-order valence-electron chi connectivity index (χ1n) is 4.78. The van der Waals surface area contributed by atoms with Gasteiger partial charge in [0.15, 0.2) is 0 Å². The number of hydrogen-bond donors (Lipinski definition) is 2. The molecule has 1 aliphatic rings. The molecule has 1 aromatic heterocycles. The van der Waals surface area contributed by atoms with Crippen LogP contribution < -0.4 is 15.6 Å². The second-order valence-electron chi connectivity index (χ2n) is 3.33. The van der Waals surface area contributed by atoms with E-state index in [1.54, 1.807) is 6.07 Å². The van der Waals surface area contributed by atoms with E-state index in [0.717, 1.165) is 25.9 Å². The standard InChI is InChI=1S/C9H13N3O2.ClH/c13-8-1-2-9(12-11-8)14-7-3-5-10-6-4-7;/h1-2,7,10H,3-6H2,(H,11,13);1H. The molecule has 2 heterocycles. The molecule has 2 rings (SSSR count). The number of piperidine rings is 1. The molecule has 1 fully saturated rings. The minimum absolute atomic E-state index is 0. The zero-order chi connectivity index (χ0) is 9.80. The van der Waals surface area contributed by atoms with Crippen molar-refractivity contribution in [3.63, 3.8) is 0 Å². The number of H-pyrrole nitrogens is 1. The first-order chi connectivity index (χ1) is 6.84. The molecule has 0 radical (unpaired) electrons. The third-order valence-corrected chi connectivity index (χ3v) is 2.23. The first-order valence-corrected chi connectivity index (χ1v) is 4.78. The number of ether oxygens (including phenoxy) is 1. The Morgan fingerprint density at radius 2 is 2.07 bits per heavy atom. The fourth-order valence-corrected chi connectivity index (χ4v) is 1.48. The van der Waals surface area contributed by atoms with E-state index in [2.05, 4.69) is 15.5 Å². The molecule has 5 nitrogen and oxygen atoms in total. The first kappa shape index (κ1) is 12.0. The lowest BCUT2D eigenvalue weighted by atomic mass is 10.1. The molecule has 0 amide bonds. The van der Waals surface area contributed by atoms with E-state index in [-0.39, 0.29) is 24.1 Å². The highest BCUT2D eigenvalue weighted by atomic mass is 35.5. The molecule has 0 saturated carbocycles. The molecule has 1 aliphatic heterocycles. The average Bonchev–Trinajstić information content (AvgIpc) is 2.23. The van der Waals surface area contributed by atoms with Crippen molar-refractivity contribution >= 4 is 12.4 Å². The normalized spacial score (nSPS) is 16.8. The average molecular weight is 232 g/mol. The largest absolute Gasteiger partial charge is 0.473 e. The van der Waals surface area contributed by atoms with E-state index < -0.39 is 0 Å². The van der Waals surface area contributed by atoms with Gasteiger partial charge in [-0.2, -0.15) is 0 Å². The summed E-state index contributed by atoms with van der Waals surface area (Å²) in [6.45, 7) is 1.96. The number of aromatic nitrogens is 2. The highest BCUT2D eigenvalue weighted by molar-refractivity contribution is 5.85. The van der Waals surface area contributed by atoms with E-state index in [4.69, 9.17) is 4.74 Å². The van der Waals surface area contributed by atoms with E-state index in [0.29, 0.717) is 5.88 Å².